The first-order valence-corrected chi connectivity index (χ1v) is 8.98. The number of nitrogens with zero attached hydrogens (tertiary/aromatic N) is 3. The van der Waals surface area contributed by atoms with Crippen LogP contribution >= 0.6 is 0 Å². The molecule has 2 fully saturated rings. The Hall–Kier alpha value is -1.92. The molecule has 4 rings (SSSR count). The fraction of sp³-hybridized carbons (Fsp3) is 0.579. The standard InChI is InChI=1S/C19H25N3O3/c1-14-11-16(25-21-14)13-22-10-8-19(23-2)7-6-15(12-17(19)22)24-18-5-3-4-9-20-18/h3-5,9,11,15,17H,6-8,10,12-13H2,1-2H3/t15-,17+,19-/m1/s1. The Morgan fingerprint density at radius 3 is 3.00 bits per heavy atom. The zero-order chi connectivity index (χ0) is 17.3. The topological polar surface area (TPSA) is 60.6 Å². The minimum Gasteiger partial charge on any atom is -0.474 e. The molecular formula is C19H25N3O3. The van der Waals surface area contributed by atoms with E-state index in [4.69, 9.17) is 14.0 Å². The second-order valence-electron chi connectivity index (χ2n) is 7.12. The first-order chi connectivity index (χ1) is 12.2. The average Bonchev–Trinajstić information content (AvgIpc) is 3.21. The van der Waals surface area contributed by atoms with E-state index in [1.807, 2.05) is 38.3 Å². The molecule has 0 spiro atoms. The van der Waals surface area contributed by atoms with E-state index < -0.39 is 0 Å². The van der Waals surface area contributed by atoms with Gasteiger partial charge >= 0.3 is 0 Å². The van der Waals surface area contributed by atoms with Gasteiger partial charge in [-0.1, -0.05) is 11.2 Å². The number of hydrogen-bond acceptors (Lipinski definition) is 6. The van der Waals surface area contributed by atoms with Crippen molar-refractivity contribution in [2.45, 2.75) is 56.9 Å². The highest BCUT2D eigenvalue weighted by molar-refractivity contribution is 5.12. The fourth-order valence-electron chi connectivity index (χ4n) is 4.33. The molecule has 134 valence electrons. The van der Waals surface area contributed by atoms with Crippen LogP contribution in [-0.2, 0) is 11.3 Å². The maximum absolute atomic E-state index is 6.13. The summed E-state index contributed by atoms with van der Waals surface area (Å²) in [5.74, 6) is 1.62. The van der Waals surface area contributed by atoms with Gasteiger partial charge < -0.3 is 14.0 Å². The van der Waals surface area contributed by atoms with Crippen LogP contribution in [0.25, 0.3) is 0 Å². The van der Waals surface area contributed by atoms with Crippen molar-refractivity contribution in [1.29, 1.82) is 0 Å². The number of aromatic nitrogens is 2. The van der Waals surface area contributed by atoms with Gasteiger partial charge in [0.1, 0.15) is 6.10 Å². The van der Waals surface area contributed by atoms with Crippen LogP contribution in [0.1, 0.15) is 37.1 Å². The molecule has 0 aromatic carbocycles. The van der Waals surface area contributed by atoms with Gasteiger partial charge in [-0.25, -0.2) is 4.98 Å². The van der Waals surface area contributed by atoms with E-state index >= 15 is 0 Å². The molecule has 3 heterocycles. The summed E-state index contributed by atoms with van der Waals surface area (Å²) < 4.78 is 17.6. The number of aryl methyl sites for hydroxylation is 1. The van der Waals surface area contributed by atoms with Gasteiger partial charge in [0, 0.05) is 44.4 Å². The van der Waals surface area contributed by atoms with Crippen molar-refractivity contribution in [2.24, 2.45) is 0 Å². The number of rotatable bonds is 5. The van der Waals surface area contributed by atoms with Crippen molar-refractivity contribution in [3.05, 3.63) is 41.9 Å². The van der Waals surface area contributed by atoms with Gasteiger partial charge in [-0.3, -0.25) is 4.90 Å². The Balaban J connectivity index is 1.48. The zero-order valence-electron chi connectivity index (χ0n) is 14.9. The molecule has 6 heteroatoms. The van der Waals surface area contributed by atoms with Crippen LogP contribution in [0, 0.1) is 6.92 Å². The number of ether oxygens (including phenoxy) is 2. The monoisotopic (exact) mass is 343 g/mol. The number of likely N-dealkylation sites (tertiary alicyclic amines) is 1. The van der Waals surface area contributed by atoms with Crippen LogP contribution in [-0.4, -0.2) is 46.4 Å². The lowest BCUT2D eigenvalue weighted by molar-refractivity contribution is -0.0850. The number of methoxy groups -OCH3 is 1. The maximum atomic E-state index is 6.13. The maximum Gasteiger partial charge on any atom is 0.213 e. The molecule has 3 atom stereocenters. The lowest BCUT2D eigenvalue weighted by Gasteiger charge is -2.43. The molecule has 0 bridgehead atoms. The van der Waals surface area contributed by atoms with E-state index in [0.29, 0.717) is 11.9 Å². The van der Waals surface area contributed by atoms with Crippen molar-refractivity contribution in [2.75, 3.05) is 13.7 Å². The van der Waals surface area contributed by atoms with Gasteiger partial charge in [-0.05, 0) is 32.3 Å². The van der Waals surface area contributed by atoms with Crippen LogP contribution in [0.3, 0.4) is 0 Å². The first kappa shape index (κ1) is 16.5. The van der Waals surface area contributed by atoms with E-state index in [9.17, 15) is 0 Å². The van der Waals surface area contributed by atoms with Gasteiger partial charge in [-0.15, -0.1) is 0 Å². The molecule has 2 aromatic heterocycles. The summed E-state index contributed by atoms with van der Waals surface area (Å²) in [6.45, 7) is 3.73. The van der Waals surface area contributed by atoms with Gasteiger partial charge in [0.15, 0.2) is 5.76 Å². The number of fused-ring (bicyclic) bond motifs is 1. The van der Waals surface area contributed by atoms with Crippen LogP contribution < -0.4 is 4.74 Å². The molecule has 1 aliphatic carbocycles. The molecule has 25 heavy (non-hydrogen) atoms. The molecule has 1 saturated carbocycles. The summed E-state index contributed by atoms with van der Waals surface area (Å²) in [7, 11) is 1.84. The minimum atomic E-state index is -0.0704. The highest BCUT2D eigenvalue weighted by atomic mass is 16.5. The number of pyridine rings is 1. The van der Waals surface area contributed by atoms with E-state index in [2.05, 4.69) is 15.0 Å². The third kappa shape index (κ3) is 3.28. The molecule has 1 saturated heterocycles. The van der Waals surface area contributed by atoms with Crippen molar-refractivity contribution in [3.8, 4) is 5.88 Å². The fourth-order valence-corrected chi connectivity index (χ4v) is 4.33. The smallest absolute Gasteiger partial charge is 0.213 e. The molecule has 2 aromatic rings. The molecule has 1 aliphatic heterocycles. The van der Waals surface area contributed by atoms with Crippen molar-refractivity contribution in [1.82, 2.24) is 15.0 Å². The van der Waals surface area contributed by atoms with Crippen molar-refractivity contribution in [3.63, 3.8) is 0 Å². The predicted octanol–water partition coefficient (Wildman–Crippen LogP) is 2.97. The highest BCUT2D eigenvalue weighted by Gasteiger charge is 2.51. The van der Waals surface area contributed by atoms with Crippen LogP contribution in [0.4, 0.5) is 0 Å². The predicted molar refractivity (Wildman–Crippen MR) is 92.3 cm³/mol. The number of hydrogen-bond donors (Lipinski definition) is 0. The largest absolute Gasteiger partial charge is 0.474 e. The molecule has 0 amide bonds. The first-order valence-electron chi connectivity index (χ1n) is 8.98. The van der Waals surface area contributed by atoms with Crippen LogP contribution in [0.5, 0.6) is 5.88 Å². The van der Waals surface area contributed by atoms with Crippen molar-refractivity contribution < 1.29 is 14.0 Å². The second kappa shape index (κ2) is 6.77. The third-order valence-electron chi connectivity index (χ3n) is 5.61. The van der Waals surface area contributed by atoms with Gasteiger partial charge in [0.25, 0.3) is 0 Å². The normalized spacial score (nSPS) is 29.5. The molecule has 0 radical (unpaired) electrons. The van der Waals surface area contributed by atoms with Crippen LogP contribution in [0.15, 0.2) is 35.0 Å². The molecule has 0 unspecified atom stereocenters. The summed E-state index contributed by atoms with van der Waals surface area (Å²) in [5, 5.41) is 4.01. The summed E-state index contributed by atoms with van der Waals surface area (Å²) in [5.41, 5.74) is 0.853. The molecule has 2 aliphatic rings. The Kier molecular flexibility index (Phi) is 4.48. The second-order valence-corrected chi connectivity index (χ2v) is 7.12. The molecule has 6 nitrogen and oxygen atoms in total. The summed E-state index contributed by atoms with van der Waals surface area (Å²) >= 11 is 0. The summed E-state index contributed by atoms with van der Waals surface area (Å²) in [4.78, 5) is 6.75. The lowest BCUT2D eigenvalue weighted by Crippen LogP contribution is -2.52. The van der Waals surface area contributed by atoms with Crippen LogP contribution in [0.2, 0.25) is 0 Å². The van der Waals surface area contributed by atoms with Gasteiger partial charge in [0.05, 0.1) is 17.8 Å². The molecular weight excluding hydrogens is 318 g/mol. The lowest BCUT2D eigenvalue weighted by atomic mass is 9.79. The highest BCUT2D eigenvalue weighted by Crippen LogP contribution is 2.43. The average molecular weight is 343 g/mol. The Morgan fingerprint density at radius 2 is 2.28 bits per heavy atom. The van der Waals surface area contributed by atoms with E-state index in [1.165, 1.54) is 0 Å². The Bertz CT molecular complexity index is 705. The van der Waals surface area contributed by atoms with Gasteiger partial charge in [0.2, 0.25) is 5.88 Å². The summed E-state index contributed by atoms with van der Waals surface area (Å²) in [6, 6.07) is 8.12. The molecule has 0 N–H and O–H groups in total. The van der Waals surface area contributed by atoms with E-state index in [-0.39, 0.29) is 11.7 Å². The van der Waals surface area contributed by atoms with Gasteiger partial charge in [-0.2, -0.15) is 0 Å². The Morgan fingerprint density at radius 1 is 1.36 bits per heavy atom. The zero-order valence-corrected chi connectivity index (χ0v) is 14.9. The summed E-state index contributed by atoms with van der Waals surface area (Å²) in [6.07, 6.45) is 5.94. The van der Waals surface area contributed by atoms with E-state index in [0.717, 1.165) is 50.2 Å². The SMILES string of the molecule is CO[C@@]12CC[C@@H](Oc3ccccn3)C[C@@H]1N(Cc1cc(C)no1)CC2. The van der Waals surface area contributed by atoms with Crippen molar-refractivity contribution >= 4 is 0 Å². The Labute approximate surface area is 148 Å². The quantitative estimate of drug-likeness (QED) is 0.832. The third-order valence-corrected chi connectivity index (χ3v) is 5.61. The minimum absolute atomic E-state index is 0.0704. The van der Waals surface area contributed by atoms with E-state index in [1.54, 1.807) is 6.20 Å².